The molecule has 0 saturated carbocycles. The lowest BCUT2D eigenvalue weighted by Gasteiger charge is -2.22. The number of unbranched alkanes of at least 4 members (excludes halogenated alkanes) is 1. The first-order valence-corrected chi connectivity index (χ1v) is 11.0. The molecule has 0 saturated heterocycles. The number of ether oxygens (including phenoxy) is 1. The third-order valence-electron chi connectivity index (χ3n) is 5.73. The molecule has 1 N–H and O–H groups in total. The molecule has 6 heteroatoms. The van der Waals surface area contributed by atoms with E-state index < -0.39 is 0 Å². The van der Waals surface area contributed by atoms with Crippen LogP contribution in [0.15, 0.2) is 59.7 Å². The van der Waals surface area contributed by atoms with Gasteiger partial charge in [-0.2, -0.15) is 0 Å². The van der Waals surface area contributed by atoms with Crippen molar-refractivity contribution in [2.45, 2.75) is 39.3 Å². The molecule has 2 aromatic heterocycles. The van der Waals surface area contributed by atoms with Crippen molar-refractivity contribution in [3.05, 3.63) is 70.8 Å². The first kappa shape index (κ1) is 21.1. The van der Waals surface area contributed by atoms with Crippen LogP contribution in [0.25, 0.3) is 21.9 Å². The molecule has 0 aliphatic carbocycles. The highest BCUT2D eigenvalue weighted by Gasteiger charge is 2.12. The molecular weight excluding hydrogens is 388 g/mol. The SMILES string of the molecule is CCCCN(CCCn1cnc2c([nH]c3ccc(OC)cc32)c1=O)Cc1ccccc1. The number of fused-ring (bicyclic) bond motifs is 3. The van der Waals surface area contributed by atoms with Crippen LogP contribution < -0.4 is 10.3 Å². The Hall–Kier alpha value is -3.12. The van der Waals surface area contributed by atoms with E-state index in [1.807, 2.05) is 18.2 Å². The zero-order valence-corrected chi connectivity index (χ0v) is 18.3. The molecule has 0 atom stereocenters. The topological polar surface area (TPSA) is 63.1 Å². The van der Waals surface area contributed by atoms with Crippen LogP contribution in [0.5, 0.6) is 5.75 Å². The van der Waals surface area contributed by atoms with E-state index in [9.17, 15) is 4.79 Å². The molecule has 0 bridgehead atoms. The zero-order valence-electron chi connectivity index (χ0n) is 18.3. The molecule has 0 amide bonds. The first-order valence-electron chi connectivity index (χ1n) is 11.0. The van der Waals surface area contributed by atoms with Gasteiger partial charge in [0.15, 0.2) is 0 Å². The van der Waals surface area contributed by atoms with E-state index in [4.69, 9.17) is 4.74 Å². The third-order valence-corrected chi connectivity index (χ3v) is 5.73. The Bertz CT molecular complexity index is 1200. The Morgan fingerprint density at radius 3 is 2.68 bits per heavy atom. The molecule has 2 heterocycles. The van der Waals surface area contributed by atoms with Gasteiger partial charge in [-0.15, -0.1) is 0 Å². The summed E-state index contributed by atoms with van der Waals surface area (Å²) in [6.45, 7) is 5.83. The summed E-state index contributed by atoms with van der Waals surface area (Å²) >= 11 is 0. The molecule has 0 aliphatic rings. The number of aromatic amines is 1. The maximum Gasteiger partial charge on any atom is 0.277 e. The number of nitrogens with zero attached hydrogens (tertiary/aromatic N) is 3. The normalized spacial score (nSPS) is 11.6. The number of rotatable bonds is 10. The summed E-state index contributed by atoms with van der Waals surface area (Å²) in [6.07, 6.45) is 4.93. The summed E-state index contributed by atoms with van der Waals surface area (Å²) in [7, 11) is 1.64. The lowest BCUT2D eigenvalue weighted by molar-refractivity contribution is 0.252. The number of methoxy groups -OCH3 is 1. The molecular formula is C25H30N4O2. The standard InChI is InChI=1S/C25H30N4O2/c1-3-4-13-28(17-19-9-6-5-7-10-19)14-8-15-29-18-26-23-21-16-20(31-2)11-12-22(21)27-24(23)25(29)30/h5-7,9-12,16,18,27H,3-4,8,13-15,17H2,1-2H3. The first-order chi connectivity index (χ1) is 15.2. The van der Waals surface area contributed by atoms with Crippen molar-refractivity contribution in [3.63, 3.8) is 0 Å². The number of nitrogens with one attached hydrogen (secondary N) is 1. The fourth-order valence-corrected chi connectivity index (χ4v) is 4.01. The molecule has 0 spiro atoms. The Morgan fingerprint density at radius 2 is 1.90 bits per heavy atom. The van der Waals surface area contributed by atoms with Gasteiger partial charge in [0.25, 0.3) is 5.56 Å². The van der Waals surface area contributed by atoms with Crippen LogP contribution in [-0.2, 0) is 13.1 Å². The van der Waals surface area contributed by atoms with Crippen LogP contribution in [0, 0.1) is 0 Å². The Labute approximate surface area is 182 Å². The van der Waals surface area contributed by atoms with Gasteiger partial charge in [0.2, 0.25) is 0 Å². The summed E-state index contributed by atoms with van der Waals surface area (Å²) in [4.78, 5) is 23.3. The summed E-state index contributed by atoms with van der Waals surface area (Å²) in [5.41, 5.74) is 3.45. The van der Waals surface area contributed by atoms with Crippen LogP contribution in [0.3, 0.4) is 0 Å². The number of hydrogen-bond acceptors (Lipinski definition) is 4. The van der Waals surface area contributed by atoms with Gasteiger partial charge in [0, 0.05) is 30.5 Å². The molecule has 31 heavy (non-hydrogen) atoms. The fraction of sp³-hybridized carbons (Fsp3) is 0.360. The Morgan fingerprint density at radius 1 is 1.10 bits per heavy atom. The van der Waals surface area contributed by atoms with Gasteiger partial charge in [0.05, 0.1) is 13.4 Å². The Balaban J connectivity index is 1.47. The van der Waals surface area contributed by atoms with Crippen molar-refractivity contribution in [1.29, 1.82) is 0 Å². The van der Waals surface area contributed by atoms with Crippen molar-refractivity contribution < 1.29 is 4.74 Å². The smallest absolute Gasteiger partial charge is 0.277 e. The number of benzene rings is 2. The Kier molecular flexibility index (Phi) is 6.67. The second-order valence-corrected chi connectivity index (χ2v) is 7.97. The van der Waals surface area contributed by atoms with Gasteiger partial charge in [-0.25, -0.2) is 4.98 Å². The highest BCUT2D eigenvalue weighted by Crippen LogP contribution is 2.25. The van der Waals surface area contributed by atoms with Crippen molar-refractivity contribution in [1.82, 2.24) is 19.4 Å². The number of hydrogen-bond donors (Lipinski definition) is 1. The zero-order chi connectivity index (χ0) is 21.6. The number of H-pyrrole nitrogens is 1. The molecule has 6 nitrogen and oxygen atoms in total. The van der Waals surface area contributed by atoms with Crippen LogP contribution in [0.1, 0.15) is 31.7 Å². The lowest BCUT2D eigenvalue weighted by atomic mass is 10.2. The predicted octanol–water partition coefficient (Wildman–Crippen LogP) is 4.58. The average Bonchev–Trinajstić information content (AvgIpc) is 3.18. The maximum absolute atomic E-state index is 13.0. The number of aromatic nitrogens is 3. The molecule has 162 valence electrons. The third kappa shape index (κ3) is 4.80. The van der Waals surface area contributed by atoms with Crippen molar-refractivity contribution >= 4 is 21.9 Å². The van der Waals surface area contributed by atoms with Gasteiger partial charge in [-0.05, 0) is 43.1 Å². The molecule has 0 radical (unpaired) electrons. The van der Waals surface area contributed by atoms with Gasteiger partial charge < -0.3 is 9.72 Å². The minimum Gasteiger partial charge on any atom is -0.497 e. The van der Waals surface area contributed by atoms with Gasteiger partial charge in [0.1, 0.15) is 16.8 Å². The van der Waals surface area contributed by atoms with Crippen LogP contribution in [0.2, 0.25) is 0 Å². The highest BCUT2D eigenvalue weighted by molar-refractivity contribution is 6.04. The van der Waals surface area contributed by atoms with Crippen molar-refractivity contribution in [3.8, 4) is 5.75 Å². The fourth-order valence-electron chi connectivity index (χ4n) is 4.01. The molecule has 2 aromatic carbocycles. The van der Waals surface area contributed by atoms with E-state index in [2.05, 4.69) is 52.1 Å². The maximum atomic E-state index is 13.0. The monoisotopic (exact) mass is 418 g/mol. The predicted molar refractivity (Wildman–Crippen MR) is 126 cm³/mol. The van der Waals surface area contributed by atoms with Gasteiger partial charge in [-0.1, -0.05) is 43.7 Å². The van der Waals surface area contributed by atoms with E-state index in [0.717, 1.165) is 42.7 Å². The van der Waals surface area contributed by atoms with Crippen molar-refractivity contribution in [2.75, 3.05) is 20.2 Å². The summed E-state index contributed by atoms with van der Waals surface area (Å²) in [5, 5.41) is 0.909. The van der Waals surface area contributed by atoms with Crippen molar-refractivity contribution in [2.24, 2.45) is 0 Å². The molecule has 0 aliphatic heterocycles. The van der Waals surface area contributed by atoms with E-state index in [-0.39, 0.29) is 5.56 Å². The summed E-state index contributed by atoms with van der Waals surface area (Å²) < 4.78 is 7.03. The van der Waals surface area contributed by atoms with Crippen LogP contribution in [0.4, 0.5) is 0 Å². The number of aryl methyl sites for hydroxylation is 1. The molecule has 4 aromatic rings. The minimum atomic E-state index is -0.0247. The quantitative estimate of drug-likeness (QED) is 0.409. The molecule has 0 unspecified atom stereocenters. The van der Waals surface area contributed by atoms with Crippen LogP contribution in [-0.4, -0.2) is 39.6 Å². The second-order valence-electron chi connectivity index (χ2n) is 7.97. The lowest BCUT2D eigenvalue weighted by Crippen LogP contribution is -2.28. The molecule has 0 fully saturated rings. The van der Waals surface area contributed by atoms with E-state index >= 15 is 0 Å². The largest absolute Gasteiger partial charge is 0.497 e. The highest BCUT2D eigenvalue weighted by atomic mass is 16.5. The summed E-state index contributed by atoms with van der Waals surface area (Å²) in [5.74, 6) is 0.755. The van der Waals surface area contributed by atoms with Crippen LogP contribution >= 0.6 is 0 Å². The van der Waals surface area contributed by atoms with Gasteiger partial charge >= 0.3 is 0 Å². The minimum absolute atomic E-state index is 0.0247. The van der Waals surface area contributed by atoms with E-state index in [1.165, 1.54) is 18.4 Å². The average molecular weight is 419 g/mol. The van der Waals surface area contributed by atoms with E-state index in [1.54, 1.807) is 18.0 Å². The van der Waals surface area contributed by atoms with E-state index in [0.29, 0.717) is 17.6 Å². The van der Waals surface area contributed by atoms with Gasteiger partial charge in [-0.3, -0.25) is 14.3 Å². The molecule has 4 rings (SSSR count). The summed E-state index contributed by atoms with van der Waals surface area (Å²) in [6, 6.07) is 16.3. The second kappa shape index (κ2) is 9.79.